The molecule has 0 atom stereocenters. The van der Waals surface area contributed by atoms with Crippen molar-refractivity contribution in [1.82, 2.24) is 4.90 Å². The van der Waals surface area contributed by atoms with Gasteiger partial charge in [-0.2, -0.15) is 0 Å². The number of methoxy groups -OCH3 is 2. The summed E-state index contributed by atoms with van der Waals surface area (Å²) in [6.45, 7) is 0.744. The Labute approximate surface area is 157 Å². The smallest absolute Gasteiger partial charge is 0.307 e. The Kier molecular flexibility index (Phi) is 5.80. The summed E-state index contributed by atoms with van der Waals surface area (Å²) in [5.41, 5.74) is 1.36. The van der Waals surface area contributed by atoms with Crippen LogP contribution in [-0.2, 0) is 16.1 Å². The largest absolute Gasteiger partial charge is 0.497 e. The van der Waals surface area contributed by atoms with Crippen molar-refractivity contribution in [2.24, 2.45) is 0 Å². The zero-order valence-corrected chi connectivity index (χ0v) is 15.3. The molecule has 2 aromatic rings. The second-order valence-electron chi connectivity index (χ2n) is 5.97. The lowest BCUT2D eigenvalue weighted by atomic mass is 10.1. The summed E-state index contributed by atoms with van der Waals surface area (Å²) in [4.78, 5) is 26.2. The molecule has 142 valence electrons. The Bertz CT molecular complexity index is 835. The van der Waals surface area contributed by atoms with Gasteiger partial charge in [-0.25, -0.2) is 0 Å². The van der Waals surface area contributed by atoms with Gasteiger partial charge in [-0.15, -0.1) is 0 Å². The van der Waals surface area contributed by atoms with Crippen LogP contribution in [0.5, 0.6) is 17.2 Å². The molecule has 1 aliphatic rings. The van der Waals surface area contributed by atoms with Gasteiger partial charge in [0.1, 0.15) is 5.75 Å². The molecule has 0 spiro atoms. The highest BCUT2D eigenvalue weighted by Crippen LogP contribution is 2.33. The molecule has 0 N–H and O–H groups in total. The van der Waals surface area contributed by atoms with E-state index < -0.39 is 0 Å². The van der Waals surface area contributed by atoms with Crippen molar-refractivity contribution in [2.45, 2.75) is 13.0 Å². The van der Waals surface area contributed by atoms with E-state index in [0.29, 0.717) is 29.4 Å². The molecule has 0 unspecified atom stereocenters. The van der Waals surface area contributed by atoms with Crippen molar-refractivity contribution >= 4 is 11.9 Å². The SMILES string of the molecule is COC(=O)CCN(Cc1ccc2c(c1)OCO2)C(=O)c1cccc(OC)c1. The molecule has 0 bridgehead atoms. The van der Waals surface area contributed by atoms with Crippen LogP contribution in [0.4, 0.5) is 0 Å². The van der Waals surface area contributed by atoms with Crippen LogP contribution in [0.1, 0.15) is 22.3 Å². The van der Waals surface area contributed by atoms with E-state index >= 15 is 0 Å². The number of benzene rings is 2. The zero-order valence-electron chi connectivity index (χ0n) is 15.3. The van der Waals surface area contributed by atoms with Gasteiger partial charge in [0.25, 0.3) is 5.91 Å². The Morgan fingerprint density at radius 1 is 1.07 bits per heavy atom. The Morgan fingerprint density at radius 3 is 2.67 bits per heavy atom. The topological polar surface area (TPSA) is 74.3 Å². The molecule has 0 fully saturated rings. The average molecular weight is 371 g/mol. The number of fused-ring (bicyclic) bond motifs is 1. The second-order valence-corrected chi connectivity index (χ2v) is 5.97. The molecule has 0 aliphatic carbocycles. The normalized spacial score (nSPS) is 11.8. The van der Waals surface area contributed by atoms with Crippen molar-refractivity contribution in [1.29, 1.82) is 0 Å². The molecule has 7 nitrogen and oxygen atoms in total. The fourth-order valence-corrected chi connectivity index (χ4v) is 2.78. The first kappa shape index (κ1) is 18.6. The third-order valence-electron chi connectivity index (χ3n) is 4.23. The van der Waals surface area contributed by atoms with Crippen LogP contribution in [0, 0.1) is 0 Å². The minimum Gasteiger partial charge on any atom is -0.497 e. The van der Waals surface area contributed by atoms with Gasteiger partial charge in [0.15, 0.2) is 11.5 Å². The van der Waals surface area contributed by atoms with E-state index in [0.717, 1.165) is 5.56 Å². The van der Waals surface area contributed by atoms with Gasteiger partial charge in [-0.05, 0) is 35.9 Å². The molecule has 1 aliphatic heterocycles. The minimum atomic E-state index is -0.371. The van der Waals surface area contributed by atoms with Gasteiger partial charge < -0.3 is 23.8 Å². The number of nitrogens with zero attached hydrogens (tertiary/aromatic N) is 1. The van der Waals surface area contributed by atoms with Crippen LogP contribution in [0.25, 0.3) is 0 Å². The van der Waals surface area contributed by atoms with Crippen molar-refractivity contribution in [2.75, 3.05) is 27.6 Å². The number of esters is 1. The first-order chi connectivity index (χ1) is 13.1. The van der Waals surface area contributed by atoms with E-state index in [-0.39, 0.29) is 31.6 Å². The van der Waals surface area contributed by atoms with Crippen LogP contribution in [0.3, 0.4) is 0 Å². The first-order valence-electron chi connectivity index (χ1n) is 8.49. The van der Waals surface area contributed by atoms with E-state index in [1.807, 2.05) is 18.2 Å². The molecule has 1 heterocycles. The van der Waals surface area contributed by atoms with Gasteiger partial charge in [-0.1, -0.05) is 12.1 Å². The summed E-state index contributed by atoms with van der Waals surface area (Å²) < 4.78 is 20.6. The molecule has 2 aromatic carbocycles. The van der Waals surface area contributed by atoms with Crippen LogP contribution < -0.4 is 14.2 Å². The van der Waals surface area contributed by atoms with Gasteiger partial charge in [0.2, 0.25) is 6.79 Å². The summed E-state index contributed by atoms with van der Waals surface area (Å²) in [6.07, 6.45) is 0.108. The molecular weight excluding hydrogens is 350 g/mol. The average Bonchev–Trinajstić information content (AvgIpc) is 3.18. The zero-order chi connectivity index (χ0) is 19.2. The lowest BCUT2D eigenvalue weighted by molar-refractivity contribution is -0.140. The van der Waals surface area contributed by atoms with Crippen LogP contribution in [0.2, 0.25) is 0 Å². The monoisotopic (exact) mass is 371 g/mol. The molecule has 1 amide bonds. The second kappa shape index (κ2) is 8.44. The highest BCUT2D eigenvalue weighted by atomic mass is 16.7. The van der Waals surface area contributed by atoms with Crippen LogP contribution in [0.15, 0.2) is 42.5 Å². The molecule has 7 heteroatoms. The number of ether oxygens (including phenoxy) is 4. The summed E-state index contributed by atoms with van der Waals surface area (Å²) in [7, 11) is 2.87. The van der Waals surface area contributed by atoms with Gasteiger partial charge >= 0.3 is 5.97 Å². The molecule has 0 saturated heterocycles. The van der Waals surface area contributed by atoms with Crippen LogP contribution in [-0.4, -0.2) is 44.3 Å². The third-order valence-corrected chi connectivity index (χ3v) is 4.23. The van der Waals surface area contributed by atoms with E-state index in [2.05, 4.69) is 0 Å². The standard InChI is InChI=1S/C20H21NO6/c1-24-16-5-3-4-15(11-16)20(23)21(9-8-19(22)25-2)12-14-6-7-17-18(10-14)27-13-26-17/h3-7,10-11H,8-9,12-13H2,1-2H3. The van der Waals surface area contributed by atoms with Crippen molar-refractivity contribution in [3.05, 3.63) is 53.6 Å². The molecule has 0 radical (unpaired) electrons. The van der Waals surface area contributed by atoms with Gasteiger partial charge in [0, 0.05) is 18.7 Å². The molecule has 3 rings (SSSR count). The predicted octanol–water partition coefficient (Wildman–Crippen LogP) is 2.63. The summed E-state index contributed by atoms with van der Waals surface area (Å²) >= 11 is 0. The quantitative estimate of drug-likeness (QED) is 0.697. The number of hydrogen-bond donors (Lipinski definition) is 0. The Balaban J connectivity index is 1.81. The number of carbonyl (C=O) groups is 2. The number of amides is 1. The lowest BCUT2D eigenvalue weighted by Gasteiger charge is -2.23. The van der Waals surface area contributed by atoms with Crippen molar-refractivity contribution in [3.8, 4) is 17.2 Å². The number of hydrogen-bond acceptors (Lipinski definition) is 6. The Hall–Kier alpha value is -3.22. The fourth-order valence-electron chi connectivity index (χ4n) is 2.78. The van der Waals surface area contributed by atoms with Gasteiger partial charge in [-0.3, -0.25) is 9.59 Å². The van der Waals surface area contributed by atoms with E-state index in [4.69, 9.17) is 18.9 Å². The van der Waals surface area contributed by atoms with Gasteiger partial charge in [0.05, 0.1) is 20.6 Å². The van der Waals surface area contributed by atoms with E-state index in [1.165, 1.54) is 7.11 Å². The lowest BCUT2D eigenvalue weighted by Crippen LogP contribution is -2.32. The van der Waals surface area contributed by atoms with E-state index in [1.54, 1.807) is 36.3 Å². The maximum Gasteiger partial charge on any atom is 0.307 e. The highest BCUT2D eigenvalue weighted by molar-refractivity contribution is 5.94. The maximum absolute atomic E-state index is 13.0. The number of carbonyl (C=O) groups excluding carboxylic acids is 2. The first-order valence-corrected chi connectivity index (χ1v) is 8.49. The van der Waals surface area contributed by atoms with Crippen molar-refractivity contribution in [3.63, 3.8) is 0 Å². The maximum atomic E-state index is 13.0. The predicted molar refractivity (Wildman–Crippen MR) is 96.9 cm³/mol. The third kappa shape index (κ3) is 4.49. The summed E-state index contributed by atoms with van der Waals surface area (Å²) in [5.74, 6) is 1.35. The minimum absolute atomic E-state index is 0.108. The molecule has 0 aromatic heterocycles. The summed E-state index contributed by atoms with van der Waals surface area (Å²) in [5, 5.41) is 0. The molecule has 27 heavy (non-hydrogen) atoms. The number of rotatable bonds is 7. The highest BCUT2D eigenvalue weighted by Gasteiger charge is 2.20. The Morgan fingerprint density at radius 2 is 1.89 bits per heavy atom. The molecule has 0 saturated carbocycles. The summed E-state index contributed by atoms with van der Waals surface area (Å²) in [6, 6.07) is 12.4. The fraction of sp³-hybridized carbons (Fsp3) is 0.300. The van der Waals surface area contributed by atoms with E-state index in [9.17, 15) is 9.59 Å². The van der Waals surface area contributed by atoms with Crippen molar-refractivity contribution < 1.29 is 28.5 Å². The molecular formula is C20H21NO6. The van der Waals surface area contributed by atoms with Crippen LogP contribution >= 0.6 is 0 Å².